The number of ether oxygens (including phenoxy) is 2. The summed E-state index contributed by atoms with van der Waals surface area (Å²) in [6.45, 7) is 8.08. The van der Waals surface area contributed by atoms with Gasteiger partial charge < -0.3 is 20.3 Å². The van der Waals surface area contributed by atoms with Crippen molar-refractivity contribution in [1.82, 2.24) is 19.5 Å². The second kappa shape index (κ2) is 8.22. The summed E-state index contributed by atoms with van der Waals surface area (Å²) in [4.78, 5) is 24.4. The smallest absolute Gasteiger partial charge is 0.312 e. The molecule has 0 aromatic carbocycles. The van der Waals surface area contributed by atoms with Crippen molar-refractivity contribution < 1.29 is 23.8 Å². The molecular weight excluding hydrogens is 417 g/mol. The number of aliphatic hydroxyl groups is 1. The first kappa shape index (κ1) is 22.8. The molecule has 2 fully saturated rings. The van der Waals surface area contributed by atoms with Crippen LogP contribution in [0.2, 0.25) is 0 Å². The highest BCUT2D eigenvalue weighted by Crippen LogP contribution is 2.43. The molecule has 0 amide bonds. The number of nitrogen functional groups attached to an aromatic ring is 1. The molecule has 2 aliphatic rings. The summed E-state index contributed by atoms with van der Waals surface area (Å²) in [7, 11) is 0. The van der Waals surface area contributed by atoms with Crippen LogP contribution in [0, 0.1) is 23.3 Å². The molecule has 176 valence electrons. The van der Waals surface area contributed by atoms with Crippen LogP contribution in [-0.4, -0.2) is 48.9 Å². The largest absolute Gasteiger partial charge is 0.459 e. The number of anilines is 1. The predicted octanol–water partition coefficient (Wildman–Crippen LogP) is 2.98. The van der Waals surface area contributed by atoms with Crippen LogP contribution in [0.1, 0.15) is 66.0 Å². The van der Waals surface area contributed by atoms with Gasteiger partial charge in [-0.15, -0.1) is 0 Å². The molecule has 1 saturated carbocycles. The molecule has 3 heterocycles. The van der Waals surface area contributed by atoms with Gasteiger partial charge >= 0.3 is 12.0 Å². The molecule has 0 radical (unpaired) electrons. The SMILES string of the molecule is CC(C)(C)[C@H]1CC[C@H](C(=O)O[C@H]2C[C@H](n3cnc4c(N)nc(F)nc43)O[C@]2(C)CO)CC1. The molecule has 0 bridgehead atoms. The minimum Gasteiger partial charge on any atom is -0.459 e. The minimum absolute atomic E-state index is 0.0667. The van der Waals surface area contributed by atoms with Crippen molar-refractivity contribution in [3.63, 3.8) is 0 Å². The zero-order chi connectivity index (χ0) is 23.3. The van der Waals surface area contributed by atoms with Crippen LogP contribution in [-0.2, 0) is 14.3 Å². The molecule has 3 N–H and O–H groups in total. The molecule has 1 aliphatic carbocycles. The number of aromatic nitrogens is 4. The number of carbonyl (C=O) groups excluding carboxylic acids is 1. The van der Waals surface area contributed by atoms with Crippen LogP contribution in [0.15, 0.2) is 6.33 Å². The van der Waals surface area contributed by atoms with E-state index in [1.54, 1.807) is 6.92 Å². The lowest BCUT2D eigenvalue weighted by Gasteiger charge is -2.37. The van der Waals surface area contributed by atoms with Gasteiger partial charge in [-0.05, 0) is 43.9 Å². The highest BCUT2D eigenvalue weighted by Gasteiger charge is 2.49. The van der Waals surface area contributed by atoms with Gasteiger partial charge in [-0.3, -0.25) is 9.36 Å². The Morgan fingerprint density at radius 2 is 2.03 bits per heavy atom. The maximum absolute atomic E-state index is 13.7. The number of aliphatic hydroxyl groups excluding tert-OH is 1. The second-order valence-electron chi connectivity index (χ2n) is 10.3. The normalized spacial score (nSPS) is 31.2. The first-order valence-electron chi connectivity index (χ1n) is 11.2. The Morgan fingerprint density at radius 3 is 2.66 bits per heavy atom. The third-order valence-corrected chi connectivity index (χ3v) is 7.09. The van der Waals surface area contributed by atoms with Gasteiger partial charge in [-0.1, -0.05) is 20.8 Å². The number of esters is 1. The van der Waals surface area contributed by atoms with E-state index in [0.29, 0.717) is 5.92 Å². The second-order valence-corrected chi connectivity index (χ2v) is 10.3. The number of hydrogen-bond acceptors (Lipinski definition) is 8. The number of carbonyl (C=O) groups is 1. The molecular formula is C22H32FN5O4. The molecule has 3 atom stereocenters. The maximum atomic E-state index is 13.7. The van der Waals surface area contributed by atoms with Crippen molar-refractivity contribution in [2.24, 2.45) is 17.3 Å². The van der Waals surface area contributed by atoms with E-state index in [-0.39, 0.29) is 47.3 Å². The van der Waals surface area contributed by atoms with Crippen molar-refractivity contribution in [2.75, 3.05) is 12.3 Å². The molecule has 2 aromatic heterocycles. The van der Waals surface area contributed by atoms with Gasteiger partial charge in [0.1, 0.15) is 17.9 Å². The van der Waals surface area contributed by atoms with E-state index < -0.39 is 24.0 Å². The Morgan fingerprint density at radius 1 is 1.34 bits per heavy atom. The summed E-state index contributed by atoms with van der Waals surface area (Å²) < 4.78 is 27.2. The van der Waals surface area contributed by atoms with Gasteiger partial charge in [-0.25, -0.2) is 4.98 Å². The fraction of sp³-hybridized carbons (Fsp3) is 0.727. The summed E-state index contributed by atoms with van der Waals surface area (Å²) in [5.41, 5.74) is 5.32. The standard InChI is InChI=1S/C22H32FN5O4/c1-21(2,3)13-7-5-12(6-8-13)19(30)31-14-9-15(32-22(14,4)10-29)28-11-25-16-17(24)26-20(23)27-18(16)28/h11-15,29H,5-10H2,1-4H3,(H2,24,26,27)/t12-,13-,14-,15+,22+/m0/s1. The van der Waals surface area contributed by atoms with Crippen LogP contribution in [0.3, 0.4) is 0 Å². The fourth-order valence-corrected chi connectivity index (χ4v) is 4.90. The van der Waals surface area contributed by atoms with Crippen molar-refractivity contribution >= 4 is 23.0 Å². The summed E-state index contributed by atoms with van der Waals surface area (Å²) in [5.74, 6) is 0.131. The maximum Gasteiger partial charge on any atom is 0.312 e. The third kappa shape index (κ3) is 4.17. The van der Waals surface area contributed by atoms with E-state index in [9.17, 15) is 14.3 Å². The van der Waals surface area contributed by atoms with E-state index in [1.807, 2.05) is 0 Å². The molecule has 10 heteroatoms. The summed E-state index contributed by atoms with van der Waals surface area (Å²) in [6, 6.07) is 0. The number of hydrogen-bond donors (Lipinski definition) is 2. The molecule has 1 saturated heterocycles. The van der Waals surface area contributed by atoms with Crippen LogP contribution in [0.4, 0.5) is 10.2 Å². The number of imidazole rings is 1. The number of fused-ring (bicyclic) bond motifs is 1. The zero-order valence-electron chi connectivity index (χ0n) is 19.0. The van der Waals surface area contributed by atoms with Gasteiger partial charge in [0.2, 0.25) is 0 Å². The van der Waals surface area contributed by atoms with E-state index in [2.05, 4.69) is 35.7 Å². The van der Waals surface area contributed by atoms with Gasteiger partial charge in [0.25, 0.3) is 0 Å². The predicted molar refractivity (Wildman–Crippen MR) is 115 cm³/mol. The Balaban J connectivity index is 1.48. The monoisotopic (exact) mass is 449 g/mol. The molecule has 4 rings (SSSR count). The van der Waals surface area contributed by atoms with Crippen LogP contribution in [0.5, 0.6) is 0 Å². The Bertz CT molecular complexity index is 998. The summed E-state index contributed by atoms with van der Waals surface area (Å²) in [6.07, 6.45) is 3.04. The van der Waals surface area contributed by atoms with Gasteiger partial charge in [-0.2, -0.15) is 14.4 Å². The number of nitrogens with two attached hydrogens (primary N) is 1. The highest BCUT2D eigenvalue weighted by molar-refractivity contribution is 5.81. The average molecular weight is 450 g/mol. The van der Waals surface area contributed by atoms with E-state index in [1.165, 1.54) is 10.9 Å². The zero-order valence-corrected chi connectivity index (χ0v) is 19.0. The van der Waals surface area contributed by atoms with Gasteiger partial charge in [0.05, 0.1) is 18.9 Å². The van der Waals surface area contributed by atoms with Crippen LogP contribution in [0.25, 0.3) is 11.2 Å². The summed E-state index contributed by atoms with van der Waals surface area (Å²) >= 11 is 0. The lowest BCUT2D eigenvalue weighted by molar-refractivity contribution is -0.170. The lowest BCUT2D eigenvalue weighted by atomic mass is 9.70. The molecule has 2 aromatic rings. The molecule has 0 unspecified atom stereocenters. The Labute approximate surface area is 186 Å². The number of nitrogens with zero attached hydrogens (tertiary/aromatic N) is 4. The van der Waals surface area contributed by atoms with Crippen molar-refractivity contribution in [1.29, 1.82) is 0 Å². The Kier molecular flexibility index (Phi) is 5.87. The van der Waals surface area contributed by atoms with E-state index in [0.717, 1.165) is 25.7 Å². The first-order chi connectivity index (χ1) is 15.0. The molecule has 32 heavy (non-hydrogen) atoms. The number of halogens is 1. The third-order valence-electron chi connectivity index (χ3n) is 7.09. The first-order valence-corrected chi connectivity index (χ1v) is 11.2. The Hall–Kier alpha value is -2.33. The average Bonchev–Trinajstić information content (AvgIpc) is 3.29. The fourth-order valence-electron chi connectivity index (χ4n) is 4.90. The van der Waals surface area contributed by atoms with Crippen molar-refractivity contribution in [3.05, 3.63) is 12.4 Å². The highest BCUT2D eigenvalue weighted by atomic mass is 19.1. The van der Waals surface area contributed by atoms with E-state index in [4.69, 9.17) is 15.2 Å². The van der Waals surface area contributed by atoms with Crippen LogP contribution >= 0.6 is 0 Å². The van der Waals surface area contributed by atoms with Crippen molar-refractivity contribution in [2.45, 2.75) is 77.7 Å². The lowest BCUT2D eigenvalue weighted by Crippen LogP contribution is -2.43. The van der Waals surface area contributed by atoms with Gasteiger partial charge in [0, 0.05) is 6.42 Å². The quantitative estimate of drug-likeness (QED) is 0.539. The number of rotatable bonds is 4. The molecule has 0 spiro atoms. The van der Waals surface area contributed by atoms with Crippen molar-refractivity contribution in [3.8, 4) is 0 Å². The topological polar surface area (TPSA) is 125 Å². The van der Waals surface area contributed by atoms with Gasteiger partial charge in [0.15, 0.2) is 17.0 Å². The molecule has 1 aliphatic heterocycles. The van der Waals surface area contributed by atoms with Crippen LogP contribution < -0.4 is 5.73 Å². The minimum atomic E-state index is -1.10. The van der Waals surface area contributed by atoms with E-state index >= 15 is 0 Å². The molecule has 9 nitrogen and oxygen atoms in total. The summed E-state index contributed by atoms with van der Waals surface area (Å²) in [5, 5.41) is 10.0.